The van der Waals surface area contributed by atoms with E-state index in [-0.39, 0.29) is 34.4 Å². The molecule has 0 unspecified atom stereocenters. The van der Waals surface area contributed by atoms with Gasteiger partial charge in [-0.3, -0.25) is 0 Å². The summed E-state index contributed by atoms with van der Waals surface area (Å²) < 4.78 is 16.9. The fourth-order valence-corrected chi connectivity index (χ4v) is 8.74. The first kappa shape index (κ1) is 29.3. The largest absolute Gasteiger partial charge is 0.508 e. The zero-order chi connectivity index (χ0) is 27.8. The van der Waals surface area contributed by atoms with E-state index >= 15 is 0 Å². The summed E-state index contributed by atoms with van der Waals surface area (Å²) in [5.41, 5.74) is -0.622. The molecule has 38 heavy (non-hydrogen) atoms. The predicted octanol–water partition coefficient (Wildman–Crippen LogP) is 8.60. The molecule has 0 bridgehead atoms. The number of carbonyl (C=O) groups excluding carboxylic acids is 1. The van der Waals surface area contributed by atoms with E-state index in [1.165, 1.54) is 9.79 Å². The highest BCUT2D eigenvalue weighted by Crippen LogP contribution is 2.48. The van der Waals surface area contributed by atoms with Gasteiger partial charge in [-0.15, -0.1) is 0 Å². The van der Waals surface area contributed by atoms with Crippen LogP contribution in [-0.4, -0.2) is 49.1 Å². The quantitative estimate of drug-likeness (QED) is 0.261. The van der Waals surface area contributed by atoms with Crippen molar-refractivity contribution in [2.45, 2.75) is 125 Å². The SMILES string of the molecule is CC1(C)CC(OC(=O)OC2CC(C)(C)N(Sc3ccccc3)C(C)(C)C2)CC(C)(C)N1Sc1ccccc1. The molecule has 0 spiro atoms. The molecule has 2 fully saturated rings. The number of piperidine rings is 2. The van der Waals surface area contributed by atoms with E-state index in [2.05, 4.69) is 113 Å². The standard InChI is InChI=1S/C31H44N2O3S2/c1-28(2)19-23(20-29(3,4)32(28)37-25-15-11-9-12-16-25)35-27(34)36-24-21-30(5,6)33(31(7,8)22-24)38-26-17-13-10-14-18-26/h9-18,23-24H,19-22H2,1-8H3. The summed E-state index contributed by atoms with van der Waals surface area (Å²) in [5.74, 6) is 0. The van der Waals surface area contributed by atoms with Gasteiger partial charge >= 0.3 is 6.16 Å². The molecule has 2 aliphatic rings. The number of hydrogen-bond donors (Lipinski definition) is 0. The first-order valence-electron chi connectivity index (χ1n) is 13.6. The van der Waals surface area contributed by atoms with Gasteiger partial charge in [0.25, 0.3) is 0 Å². The third kappa shape index (κ3) is 6.90. The van der Waals surface area contributed by atoms with Gasteiger partial charge in [0.1, 0.15) is 12.2 Å². The number of rotatable bonds is 6. The van der Waals surface area contributed by atoms with Gasteiger partial charge in [0.15, 0.2) is 0 Å². The van der Waals surface area contributed by atoms with Crippen molar-refractivity contribution in [3.05, 3.63) is 60.7 Å². The summed E-state index contributed by atoms with van der Waals surface area (Å²) in [6.07, 6.45) is 2.13. The van der Waals surface area contributed by atoms with Crippen LogP contribution in [0.15, 0.2) is 70.5 Å². The molecule has 208 valence electrons. The topological polar surface area (TPSA) is 42.0 Å². The Balaban J connectivity index is 1.37. The van der Waals surface area contributed by atoms with Crippen molar-refractivity contribution >= 4 is 30.1 Å². The highest BCUT2D eigenvalue weighted by atomic mass is 32.2. The highest BCUT2D eigenvalue weighted by molar-refractivity contribution is 7.97. The van der Waals surface area contributed by atoms with Crippen molar-refractivity contribution in [1.29, 1.82) is 0 Å². The number of hydrogen-bond acceptors (Lipinski definition) is 7. The van der Waals surface area contributed by atoms with E-state index in [4.69, 9.17) is 9.47 Å². The molecule has 4 rings (SSSR count). The van der Waals surface area contributed by atoms with Crippen LogP contribution in [0.4, 0.5) is 4.79 Å². The van der Waals surface area contributed by atoms with E-state index in [0.717, 1.165) is 25.7 Å². The monoisotopic (exact) mass is 556 g/mol. The Hall–Kier alpha value is -1.67. The van der Waals surface area contributed by atoms with Gasteiger partial charge in [-0.1, -0.05) is 36.4 Å². The van der Waals surface area contributed by atoms with Crippen molar-refractivity contribution in [3.8, 4) is 0 Å². The first-order chi connectivity index (χ1) is 17.7. The van der Waals surface area contributed by atoms with Crippen LogP contribution in [0.3, 0.4) is 0 Å². The van der Waals surface area contributed by atoms with Crippen LogP contribution in [0.1, 0.15) is 81.1 Å². The molecule has 0 aromatic heterocycles. The molecular weight excluding hydrogens is 512 g/mol. The maximum atomic E-state index is 13.1. The van der Waals surface area contributed by atoms with Crippen LogP contribution in [0.2, 0.25) is 0 Å². The molecule has 0 atom stereocenters. The van der Waals surface area contributed by atoms with Gasteiger partial charge in [0, 0.05) is 57.6 Å². The van der Waals surface area contributed by atoms with Crippen LogP contribution in [0, 0.1) is 0 Å². The van der Waals surface area contributed by atoms with Crippen LogP contribution in [0.5, 0.6) is 0 Å². The zero-order valence-electron chi connectivity index (χ0n) is 24.2. The molecule has 2 saturated heterocycles. The van der Waals surface area contributed by atoms with E-state index in [0.29, 0.717) is 0 Å². The number of carbonyl (C=O) groups is 1. The summed E-state index contributed by atoms with van der Waals surface area (Å²) in [6.45, 7) is 17.9. The zero-order valence-corrected chi connectivity index (χ0v) is 25.8. The maximum absolute atomic E-state index is 13.1. The summed E-state index contributed by atoms with van der Waals surface area (Å²) in [4.78, 5) is 15.5. The molecule has 0 N–H and O–H groups in total. The second kappa shape index (κ2) is 11.1. The second-order valence-corrected chi connectivity index (χ2v) is 15.2. The van der Waals surface area contributed by atoms with Crippen molar-refractivity contribution < 1.29 is 14.3 Å². The van der Waals surface area contributed by atoms with Gasteiger partial charge in [0.2, 0.25) is 0 Å². The van der Waals surface area contributed by atoms with Gasteiger partial charge in [0.05, 0.1) is 0 Å². The number of benzene rings is 2. The Morgan fingerprint density at radius 2 is 0.895 bits per heavy atom. The average molecular weight is 557 g/mol. The number of ether oxygens (including phenoxy) is 2. The van der Waals surface area contributed by atoms with Gasteiger partial charge in [-0.2, -0.15) is 0 Å². The molecule has 2 aliphatic heterocycles. The lowest BCUT2D eigenvalue weighted by atomic mass is 9.80. The van der Waals surface area contributed by atoms with Gasteiger partial charge in [-0.25, -0.2) is 13.4 Å². The van der Waals surface area contributed by atoms with E-state index < -0.39 is 6.16 Å². The van der Waals surface area contributed by atoms with Crippen molar-refractivity contribution in [2.75, 3.05) is 0 Å². The van der Waals surface area contributed by atoms with E-state index in [1.54, 1.807) is 23.9 Å². The molecule has 2 heterocycles. The Morgan fingerprint density at radius 1 is 0.605 bits per heavy atom. The molecule has 2 aromatic rings. The minimum atomic E-state index is -0.536. The Kier molecular flexibility index (Phi) is 8.54. The molecular formula is C31H44N2O3S2. The molecule has 7 heteroatoms. The summed E-state index contributed by atoms with van der Waals surface area (Å²) in [6, 6.07) is 20.9. The van der Waals surface area contributed by atoms with Crippen LogP contribution in [-0.2, 0) is 9.47 Å². The van der Waals surface area contributed by atoms with Crippen molar-refractivity contribution in [3.63, 3.8) is 0 Å². The second-order valence-electron chi connectivity index (χ2n) is 13.2. The molecule has 2 aromatic carbocycles. The van der Waals surface area contributed by atoms with Crippen molar-refractivity contribution in [1.82, 2.24) is 8.61 Å². The fourth-order valence-electron chi connectivity index (χ4n) is 6.48. The minimum absolute atomic E-state index is 0.156. The lowest BCUT2D eigenvalue weighted by Gasteiger charge is -2.54. The predicted molar refractivity (Wildman–Crippen MR) is 158 cm³/mol. The summed E-state index contributed by atoms with van der Waals surface area (Å²) in [5, 5.41) is 0. The molecule has 0 saturated carbocycles. The van der Waals surface area contributed by atoms with E-state index in [9.17, 15) is 4.79 Å². The average Bonchev–Trinajstić information content (AvgIpc) is 2.79. The Labute approximate surface area is 238 Å². The molecule has 0 amide bonds. The van der Waals surface area contributed by atoms with Gasteiger partial charge in [-0.05, 0) is 104 Å². The van der Waals surface area contributed by atoms with Crippen molar-refractivity contribution in [2.24, 2.45) is 0 Å². The molecule has 0 radical (unpaired) electrons. The summed E-state index contributed by atoms with van der Waals surface area (Å²) >= 11 is 3.57. The lowest BCUT2D eigenvalue weighted by Crippen LogP contribution is -2.60. The van der Waals surface area contributed by atoms with E-state index in [1.807, 2.05) is 12.1 Å². The summed E-state index contributed by atoms with van der Waals surface area (Å²) in [7, 11) is 0. The van der Waals surface area contributed by atoms with Crippen LogP contribution in [0.25, 0.3) is 0 Å². The highest BCUT2D eigenvalue weighted by Gasteiger charge is 2.49. The fraction of sp³-hybridized carbons (Fsp3) is 0.581. The molecule has 0 aliphatic carbocycles. The first-order valence-corrected chi connectivity index (χ1v) is 15.2. The number of nitrogens with zero attached hydrogens (tertiary/aromatic N) is 2. The van der Waals surface area contributed by atoms with Gasteiger partial charge < -0.3 is 9.47 Å². The van der Waals surface area contributed by atoms with Crippen LogP contribution >= 0.6 is 23.9 Å². The lowest BCUT2D eigenvalue weighted by molar-refractivity contribution is -0.0816. The third-order valence-electron chi connectivity index (χ3n) is 7.51. The smallest absolute Gasteiger partial charge is 0.431 e. The van der Waals surface area contributed by atoms with Crippen LogP contribution < -0.4 is 0 Å². The molecule has 5 nitrogen and oxygen atoms in total. The maximum Gasteiger partial charge on any atom is 0.508 e. The third-order valence-corrected chi connectivity index (χ3v) is 10.8. The normalized spacial score (nSPS) is 23.6. The Morgan fingerprint density at radius 3 is 1.18 bits per heavy atom. The minimum Gasteiger partial charge on any atom is -0.431 e. The Bertz CT molecular complexity index is 967.